The first-order valence-electron chi connectivity index (χ1n) is 5.02. The number of amides is 1. The highest BCUT2D eigenvalue weighted by Gasteiger charge is 1.96. The predicted molar refractivity (Wildman–Crippen MR) is 60.0 cm³/mol. The molecule has 0 unspecified atom stereocenters. The maximum Gasteiger partial charge on any atom is 0.217 e. The average molecular weight is 193 g/mol. The Morgan fingerprint density at radius 3 is 2.50 bits per heavy atom. The minimum Gasteiger partial charge on any atom is -0.370 e. The summed E-state index contributed by atoms with van der Waals surface area (Å²) in [5.41, 5.74) is 7.43. The van der Waals surface area contributed by atoms with Crippen molar-refractivity contribution >= 4 is 5.91 Å². The second-order valence-corrected chi connectivity index (χ2v) is 2.96. The van der Waals surface area contributed by atoms with Gasteiger partial charge in [-0.1, -0.05) is 43.7 Å². The molecule has 0 saturated carbocycles. The van der Waals surface area contributed by atoms with E-state index in [-0.39, 0.29) is 5.91 Å². The molecule has 2 heteroatoms. The van der Waals surface area contributed by atoms with Gasteiger partial charge < -0.3 is 5.73 Å². The maximum absolute atomic E-state index is 10.5. The van der Waals surface area contributed by atoms with Crippen molar-refractivity contribution in [2.45, 2.75) is 33.6 Å². The van der Waals surface area contributed by atoms with E-state index in [0.717, 1.165) is 6.42 Å². The zero-order valence-electron chi connectivity index (χ0n) is 9.21. The van der Waals surface area contributed by atoms with Crippen LogP contribution < -0.4 is 5.73 Å². The molecule has 1 aromatic carbocycles. The first kappa shape index (κ1) is 12.7. The summed E-state index contributed by atoms with van der Waals surface area (Å²) in [6.07, 6.45) is 1.18. The topological polar surface area (TPSA) is 43.1 Å². The van der Waals surface area contributed by atoms with Gasteiger partial charge in [0.05, 0.1) is 0 Å². The summed E-state index contributed by atoms with van der Waals surface area (Å²) in [5, 5.41) is 0. The van der Waals surface area contributed by atoms with Crippen LogP contribution in [0.15, 0.2) is 24.3 Å². The minimum atomic E-state index is -0.239. The lowest BCUT2D eigenvalue weighted by atomic mass is 10.1. The van der Waals surface area contributed by atoms with Crippen molar-refractivity contribution < 1.29 is 4.79 Å². The fraction of sp³-hybridized carbons (Fsp3) is 0.417. The van der Waals surface area contributed by atoms with E-state index in [1.54, 1.807) is 0 Å². The summed E-state index contributed by atoms with van der Waals surface area (Å²) in [5.74, 6) is -0.239. The summed E-state index contributed by atoms with van der Waals surface area (Å²) >= 11 is 0. The third kappa shape index (κ3) is 5.36. The molecule has 2 N–H and O–H groups in total. The second-order valence-electron chi connectivity index (χ2n) is 2.96. The van der Waals surface area contributed by atoms with Gasteiger partial charge in [0.2, 0.25) is 5.91 Å². The van der Waals surface area contributed by atoms with Crippen LogP contribution >= 0.6 is 0 Å². The quantitative estimate of drug-likeness (QED) is 0.787. The Labute approximate surface area is 86.1 Å². The Hall–Kier alpha value is -1.31. The van der Waals surface area contributed by atoms with Crippen molar-refractivity contribution in [3.63, 3.8) is 0 Å². The van der Waals surface area contributed by atoms with Gasteiger partial charge in [0.15, 0.2) is 0 Å². The standard InChI is InChI=1S/C10H13NO.C2H6/c1-8-3-2-4-9(7-8)5-6-10(11)12;1-2/h2-4,7H,5-6H2,1H3,(H2,11,12);1-2H3. The molecule has 0 aliphatic heterocycles. The largest absolute Gasteiger partial charge is 0.370 e. The monoisotopic (exact) mass is 193 g/mol. The van der Waals surface area contributed by atoms with Gasteiger partial charge in [0.25, 0.3) is 0 Å². The lowest BCUT2D eigenvalue weighted by Crippen LogP contribution is -2.11. The van der Waals surface area contributed by atoms with Gasteiger partial charge in [0.1, 0.15) is 0 Å². The van der Waals surface area contributed by atoms with Crippen LogP contribution in [-0.4, -0.2) is 5.91 Å². The zero-order chi connectivity index (χ0) is 11.0. The second kappa shape index (κ2) is 7.13. The van der Waals surface area contributed by atoms with E-state index in [9.17, 15) is 4.79 Å². The van der Waals surface area contributed by atoms with E-state index in [0.29, 0.717) is 6.42 Å². The molecule has 1 aromatic rings. The van der Waals surface area contributed by atoms with Gasteiger partial charge in [-0.3, -0.25) is 4.79 Å². The Kier molecular flexibility index (Phi) is 6.46. The van der Waals surface area contributed by atoms with Crippen LogP contribution in [0, 0.1) is 6.92 Å². The first-order chi connectivity index (χ1) is 6.68. The number of rotatable bonds is 3. The maximum atomic E-state index is 10.5. The number of hydrogen-bond donors (Lipinski definition) is 1. The van der Waals surface area contributed by atoms with Crippen LogP contribution in [0.3, 0.4) is 0 Å². The molecule has 0 saturated heterocycles. The molecule has 0 radical (unpaired) electrons. The smallest absolute Gasteiger partial charge is 0.217 e. The molecule has 0 aliphatic carbocycles. The van der Waals surface area contributed by atoms with E-state index < -0.39 is 0 Å². The fourth-order valence-corrected chi connectivity index (χ4v) is 1.14. The average Bonchev–Trinajstić information content (AvgIpc) is 2.18. The predicted octanol–water partition coefficient (Wildman–Crippen LogP) is 2.44. The third-order valence-corrected chi connectivity index (χ3v) is 1.74. The number of benzene rings is 1. The number of primary amides is 1. The van der Waals surface area contributed by atoms with Crippen molar-refractivity contribution in [1.82, 2.24) is 0 Å². The molecule has 14 heavy (non-hydrogen) atoms. The summed E-state index contributed by atoms with van der Waals surface area (Å²) in [4.78, 5) is 10.5. The minimum absolute atomic E-state index is 0.239. The van der Waals surface area contributed by atoms with E-state index in [2.05, 4.69) is 6.07 Å². The Bertz CT molecular complexity index is 281. The van der Waals surface area contributed by atoms with Crippen LogP contribution in [-0.2, 0) is 11.2 Å². The summed E-state index contributed by atoms with van der Waals surface area (Å²) in [7, 11) is 0. The van der Waals surface area contributed by atoms with Crippen molar-refractivity contribution in [1.29, 1.82) is 0 Å². The lowest BCUT2D eigenvalue weighted by molar-refractivity contribution is -0.117. The highest BCUT2D eigenvalue weighted by Crippen LogP contribution is 2.05. The molecule has 0 spiro atoms. The van der Waals surface area contributed by atoms with Crippen LogP contribution in [0.25, 0.3) is 0 Å². The molecule has 1 amide bonds. The van der Waals surface area contributed by atoms with Crippen molar-refractivity contribution in [2.75, 3.05) is 0 Å². The van der Waals surface area contributed by atoms with E-state index in [1.165, 1.54) is 11.1 Å². The Morgan fingerprint density at radius 2 is 2.00 bits per heavy atom. The van der Waals surface area contributed by atoms with Crippen LogP contribution in [0.5, 0.6) is 0 Å². The lowest BCUT2D eigenvalue weighted by Gasteiger charge is -1.99. The number of carbonyl (C=O) groups is 1. The Balaban J connectivity index is 0.000000791. The molecule has 0 fully saturated rings. The van der Waals surface area contributed by atoms with Gasteiger partial charge in [-0.05, 0) is 18.9 Å². The summed E-state index contributed by atoms with van der Waals surface area (Å²) < 4.78 is 0. The molecule has 0 aliphatic rings. The first-order valence-corrected chi connectivity index (χ1v) is 5.02. The van der Waals surface area contributed by atoms with Crippen molar-refractivity contribution in [3.05, 3.63) is 35.4 Å². The number of aryl methyl sites for hydroxylation is 2. The fourth-order valence-electron chi connectivity index (χ4n) is 1.14. The molecular formula is C12H19NO. The highest BCUT2D eigenvalue weighted by atomic mass is 16.1. The van der Waals surface area contributed by atoms with E-state index >= 15 is 0 Å². The summed E-state index contributed by atoms with van der Waals surface area (Å²) in [6, 6.07) is 8.11. The molecule has 0 atom stereocenters. The number of carbonyl (C=O) groups excluding carboxylic acids is 1. The van der Waals surface area contributed by atoms with Crippen LogP contribution in [0.2, 0.25) is 0 Å². The molecule has 1 rings (SSSR count). The number of hydrogen-bond acceptors (Lipinski definition) is 1. The normalized spacial score (nSPS) is 8.79. The van der Waals surface area contributed by atoms with E-state index in [1.807, 2.05) is 39.0 Å². The third-order valence-electron chi connectivity index (χ3n) is 1.74. The van der Waals surface area contributed by atoms with Gasteiger partial charge in [-0.15, -0.1) is 0 Å². The molecule has 78 valence electrons. The highest BCUT2D eigenvalue weighted by molar-refractivity contribution is 5.73. The summed E-state index contributed by atoms with van der Waals surface area (Å²) in [6.45, 7) is 6.04. The molecule has 0 aromatic heterocycles. The van der Waals surface area contributed by atoms with E-state index in [4.69, 9.17) is 5.73 Å². The SMILES string of the molecule is CC.Cc1cccc(CCC(N)=O)c1. The van der Waals surface area contributed by atoms with Gasteiger partial charge in [-0.25, -0.2) is 0 Å². The van der Waals surface area contributed by atoms with Gasteiger partial charge in [0, 0.05) is 6.42 Å². The van der Waals surface area contributed by atoms with Crippen molar-refractivity contribution in [3.8, 4) is 0 Å². The van der Waals surface area contributed by atoms with Gasteiger partial charge in [-0.2, -0.15) is 0 Å². The zero-order valence-corrected chi connectivity index (χ0v) is 9.21. The molecule has 0 bridgehead atoms. The van der Waals surface area contributed by atoms with Crippen LogP contribution in [0.1, 0.15) is 31.4 Å². The molecule has 2 nitrogen and oxygen atoms in total. The Morgan fingerprint density at radius 1 is 1.36 bits per heavy atom. The molecule has 0 heterocycles. The van der Waals surface area contributed by atoms with Crippen molar-refractivity contribution in [2.24, 2.45) is 5.73 Å². The number of nitrogens with two attached hydrogens (primary N) is 1. The molecular weight excluding hydrogens is 174 g/mol. The van der Waals surface area contributed by atoms with Crippen LogP contribution in [0.4, 0.5) is 0 Å². The van der Waals surface area contributed by atoms with Gasteiger partial charge >= 0.3 is 0 Å².